The van der Waals surface area contributed by atoms with E-state index in [0.717, 1.165) is 28.6 Å². The third kappa shape index (κ3) is 7.24. The number of aromatic nitrogens is 2. The molecule has 23 heavy (non-hydrogen) atoms. The van der Waals surface area contributed by atoms with Gasteiger partial charge in [-0.15, -0.1) is 0 Å². The third-order valence-electron chi connectivity index (χ3n) is 2.87. The molecular formula is C13H24N6O3S. The Balaban J connectivity index is 2.39. The van der Waals surface area contributed by atoms with Gasteiger partial charge in [0.2, 0.25) is 21.9 Å². The Morgan fingerprint density at radius 2 is 1.96 bits per heavy atom. The lowest BCUT2D eigenvalue weighted by atomic mass is 10.4. The summed E-state index contributed by atoms with van der Waals surface area (Å²) in [4.78, 5) is 20.2. The third-order valence-corrected chi connectivity index (χ3v) is 4.14. The number of nitrogens with zero attached hydrogens (tertiary/aromatic N) is 3. The highest BCUT2D eigenvalue weighted by Gasteiger charge is 2.14. The summed E-state index contributed by atoms with van der Waals surface area (Å²) in [5.41, 5.74) is 0.831. The second-order valence-corrected chi connectivity index (χ2v) is 7.13. The molecule has 1 aromatic heterocycles. The molecule has 10 heteroatoms. The van der Waals surface area contributed by atoms with Crippen LogP contribution in [0, 0.1) is 6.92 Å². The average molecular weight is 344 g/mol. The van der Waals surface area contributed by atoms with Gasteiger partial charge < -0.3 is 16.0 Å². The van der Waals surface area contributed by atoms with Gasteiger partial charge in [-0.1, -0.05) is 0 Å². The molecular weight excluding hydrogens is 320 g/mol. The maximum absolute atomic E-state index is 11.6. The molecule has 1 amide bonds. The smallest absolute Gasteiger partial charge is 0.235 e. The number of rotatable bonds is 9. The molecule has 0 spiro atoms. The van der Waals surface area contributed by atoms with Gasteiger partial charge in [-0.05, 0) is 13.8 Å². The highest BCUT2D eigenvalue weighted by atomic mass is 32.2. The lowest BCUT2D eigenvalue weighted by Crippen LogP contribution is -2.39. The van der Waals surface area contributed by atoms with Gasteiger partial charge in [0.25, 0.3) is 0 Å². The molecule has 0 aliphatic rings. The minimum absolute atomic E-state index is 0.204. The summed E-state index contributed by atoms with van der Waals surface area (Å²) < 4.78 is 23.4. The minimum Gasteiger partial charge on any atom is -0.370 e. The second kappa shape index (κ2) is 8.63. The van der Waals surface area contributed by atoms with E-state index >= 15 is 0 Å². The first-order valence-corrected chi connectivity index (χ1v) is 9.08. The summed E-state index contributed by atoms with van der Waals surface area (Å²) in [6.45, 7) is 5.18. The molecule has 9 nitrogen and oxygen atoms in total. The number of anilines is 2. The van der Waals surface area contributed by atoms with Crippen LogP contribution in [0.3, 0.4) is 0 Å². The van der Waals surface area contributed by atoms with Crippen LogP contribution in [-0.4, -0.2) is 68.1 Å². The van der Waals surface area contributed by atoms with Gasteiger partial charge in [-0.2, -0.15) is 9.29 Å². The molecule has 0 fully saturated rings. The summed E-state index contributed by atoms with van der Waals surface area (Å²) in [5.74, 6) is 0.850. The van der Waals surface area contributed by atoms with Crippen molar-refractivity contribution >= 4 is 27.7 Å². The fraction of sp³-hybridized carbons (Fsp3) is 0.615. The van der Waals surface area contributed by atoms with Crippen molar-refractivity contribution in [3.05, 3.63) is 11.8 Å². The predicted molar refractivity (Wildman–Crippen MR) is 89.9 cm³/mol. The SMILES string of the molecule is CCNc1cc(C)nc(NCCNC(=O)CN(C)S(C)(=O)=O)n1. The first-order chi connectivity index (χ1) is 10.7. The highest BCUT2D eigenvalue weighted by Crippen LogP contribution is 2.08. The number of carbonyl (C=O) groups excluding carboxylic acids is 1. The van der Waals surface area contributed by atoms with E-state index in [2.05, 4.69) is 25.9 Å². The number of nitrogens with one attached hydrogen (secondary N) is 3. The van der Waals surface area contributed by atoms with Crippen molar-refractivity contribution in [3.8, 4) is 0 Å². The molecule has 3 N–H and O–H groups in total. The van der Waals surface area contributed by atoms with E-state index in [1.54, 1.807) is 0 Å². The normalized spacial score (nSPS) is 11.3. The zero-order valence-electron chi connectivity index (χ0n) is 13.9. The van der Waals surface area contributed by atoms with Crippen LogP contribution in [-0.2, 0) is 14.8 Å². The monoisotopic (exact) mass is 344 g/mol. The largest absolute Gasteiger partial charge is 0.370 e. The van der Waals surface area contributed by atoms with Crippen molar-refractivity contribution in [2.75, 3.05) is 50.1 Å². The van der Waals surface area contributed by atoms with Gasteiger partial charge in [-0.3, -0.25) is 4.79 Å². The fourth-order valence-corrected chi connectivity index (χ4v) is 2.02. The van der Waals surface area contributed by atoms with Gasteiger partial charge >= 0.3 is 0 Å². The van der Waals surface area contributed by atoms with E-state index in [1.165, 1.54) is 7.05 Å². The predicted octanol–water partition coefficient (Wildman–Crippen LogP) is -0.364. The first-order valence-electron chi connectivity index (χ1n) is 7.23. The van der Waals surface area contributed by atoms with Crippen molar-refractivity contribution in [2.24, 2.45) is 0 Å². The van der Waals surface area contributed by atoms with Gasteiger partial charge in [0.1, 0.15) is 5.82 Å². The van der Waals surface area contributed by atoms with Gasteiger partial charge in [-0.25, -0.2) is 13.4 Å². The molecule has 0 aromatic carbocycles. The lowest BCUT2D eigenvalue weighted by Gasteiger charge is -2.14. The van der Waals surface area contributed by atoms with E-state index in [0.29, 0.717) is 19.0 Å². The first kappa shape index (κ1) is 19.1. The summed E-state index contributed by atoms with van der Waals surface area (Å²) >= 11 is 0. The standard InChI is InChI=1S/C13H24N6O3S/c1-5-14-11-8-10(2)17-13(18-11)16-7-6-15-12(20)9-19(3)23(4,21)22/h8H,5-7,9H2,1-4H3,(H,15,20)(H2,14,16,17,18). The molecule has 1 aromatic rings. The van der Waals surface area contributed by atoms with E-state index in [-0.39, 0.29) is 12.5 Å². The van der Waals surface area contributed by atoms with Crippen LogP contribution in [0.4, 0.5) is 11.8 Å². The zero-order valence-corrected chi connectivity index (χ0v) is 14.7. The summed E-state index contributed by atoms with van der Waals surface area (Å²) in [6, 6.07) is 1.84. The Kier molecular flexibility index (Phi) is 7.17. The van der Waals surface area contributed by atoms with Crippen LogP contribution < -0.4 is 16.0 Å². The summed E-state index contributed by atoms with van der Waals surface area (Å²) in [6.07, 6.45) is 1.05. The minimum atomic E-state index is -3.36. The molecule has 0 aliphatic heterocycles. The van der Waals surface area contributed by atoms with E-state index in [9.17, 15) is 13.2 Å². The number of hydrogen-bond donors (Lipinski definition) is 3. The van der Waals surface area contributed by atoms with Crippen molar-refractivity contribution in [1.82, 2.24) is 19.6 Å². The fourth-order valence-electron chi connectivity index (χ4n) is 1.67. The van der Waals surface area contributed by atoms with Crippen molar-refractivity contribution in [3.63, 3.8) is 0 Å². The molecule has 0 atom stereocenters. The van der Waals surface area contributed by atoms with E-state index in [1.807, 2.05) is 19.9 Å². The van der Waals surface area contributed by atoms with Crippen LogP contribution in [0.15, 0.2) is 6.07 Å². The van der Waals surface area contributed by atoms with Gasteiger partial charge in [0.15, 0.2) is 0 Å². The molecule has 0 unspecified atom stereocenters. The highest BCUT2D eigenvalue weighted by molar-refractivity contribution is 7.88. The number of sulfonamides is 1. The Bertz CT molecular complexity index is 635. The average Bonchev–Trinajstić information content (AvgIpc) is 2.42. The Labute approximate surface area is 136 Å². The maximum atomic E-state index is 11.6. The maximum Gasteiger partial charge on any atom is 0.235 e. The molecule has 0 radical (unpaired) electrons. The number of amides is 1. The van der Waals surface area contributed by atoms with Gasteiger partial charge in [0, 0.05) is 38.4 Å². The van der Waals surface area contributed by atoms with E-state index in [4.69, 9.17) is 0 Å². The quantitative estimate of drug-likeness (QED) is 0.524. The molecule has 130 valence electrons. The Morgan fingerprint density at radius 1 is 1.26 bits per heavy atom. The topological polar surface area (TPSA) is 116 Å². The van der Waals surface area contributed by atoms with Crippen molar-refractivity contribution < 1.29 is 13.2 Å². The van der Waals surface area contributed by atoms with Crippen LogP contribution >= 0.6 is 0 Å². The number of aryl methyl sites for hydroxylation is 1. The summed E-state index contributed by atoms with van der Waals surface area (Å²) in [5, 5.41) is 8.76. The van der Waals surface area contributed by atoms with Gasteiger partial charge in [0.05, 0.1) is 12.8 Å². The van der Waals surface area contributed by atoms with Crippen LogP contribution in [0.2, 0.25) is 0 Å². The molecule has 0 bridgehead atoms. The zero-order chi connectivity index (χ0) is 17.5. The number of likely N-dealkylation sites (N-methyl/N-ethyl adjacent to an activating group) is 1. The van der Waals surface area contributed by atoms with E-state index < -0.39 is 10.0 Å². The Hall–Kier alpha value is -1.94. The molecule has 0 saturated heterocycles. The second-order valence-electron chi connectivity index (χ2n) is 5.04. The van der Waals surface area contributed by atoms with Crippen LogP contribution in [0.5, 0.6) is 0 Å². The lowest BCUT2D eigenvalue weighted by molar-refractivity contribution is -0.121. The van der Waals surface area contributed by atoms with Crippen molar-refractivity contribution in [1.29, 1.82) is 0 Å². The number of hydrogen-bond acceptors (Lipinski definition) is 7. The molecule has 0 aliphatic carbocycles. The van der Waals surface area contributed by atoms with Crippen molar-refractivity contribution in [2.45, 2.75) is 13.8 Å². The number of carbonyl (C=O) groups is 1. The Morgan fingerprint density at radius 3 is 2.57 bits per heavy atom. The summed E-state index contributed by atoms with van der Waals surface area (Å²) in [7, 11) is -2.00. The molecule has 1 heterocycles. The van der Waals surface area contributed by atoms with Crippen LogP contribution in [0.25, 0.3) is 0 Å². The molecule has 0 saturated carbocycles. The van der Waals surface area contributed by atoms with Crippen LogP contribution in [0.1, 0.15) is 12.6 Å². The molecule has 1 rings (SSSR count).